The minimum atomic E-state index is 0.234. The maximum atomic E-state index is 5.30. The standard InChI is InChI=1S/C11H22N6O/c1-5-8(6-2)7(3)13-9-14-10(17-12)16-11(15-9)18-4/h7-8H,5-6,12H2,1-4H3,(H2,13,14,15,16,17). The number of anilines is 2. The van der Waals surface area contributed by atoms with E-state index in [0.29, 0.717) is 11.9 Å². The average molecular weight is 254 g/mol. The van der Waals surface area contributed by atoms with Gasteiger partial charge >= 0.3 is 6.01 Å². The molecule has 0 aliphatic rings. The molecule has 0 fully saturated rings. The molecular formula is C11H22N6O. The van der Waals surface area contributed by atoms with Gasteiger partial charge in [0.05, 0.1) is 7.11 Å². The number of nitrogens with two attached hydrogens (primary N) is 1. The summed E-state index contributed by atoms with van der Waals surface area (Å²) in [4.78, 5) is 12.2. The number of ether oxygens (including phenoxy) is 1. The van der Waals surface area contributed by atoms with Crippen LogP contribution in [0.5, 0.6) is 6.01 Å². The zero-order chi connectivity index (χ0) is 13.5. The summed E-state index contributed by atoms with van der Waals surface area (Å²) in [7, 11) is 1.50. The van der Waals surface area contributed by atoms with Crippen molar-refractivity contribution in [3.8, 4) is 6.01 Å². The van der Waals surface area contributed by atoms with Crippen LogP contribution in [0.1, 0.15) is 33.6 Å². The van der Waals surface area contributed by atoms with Crippen molar-refractivity contribution in [1.82, 2.24) is 15.0 Å². The van der Waals surface area contributed by atoms with E-state index >= 15 is 0 Å². The van der Waals surface area contributed by atoms with Crippen molar-refractivity contribution in [2.24, 2.45) is 11.8 Å². The summed E-state index contributed by atoms with van der Waals surface area (Å²) in [6, 6.07) is 0.509. The lowest BCUT2D eigenvalue weighted by atomic mass is 9.96. The minimum Gasteiger partial charge on any atom is -0.467 e. The second-order valence-corrected chi connectivity index (χ2v) is 4.12. The van der Waals surface area contributed by atoms with Gasteiger partial charge in [-0.2, -0.15) is 15.0 Å². The smallest absolute Gasteiger partial charge is 0.322 e. The first-order valence-corrected chi connectivity index (χ1v) is 6.17. The van der Waals surface area contributed by atoms with Crippen molar-refractivity contribution < 1.29 is 4.74 Å². The van der Waals surface area contributed by atoms with Crippen LogP contribution < -0.4 is 21.3 Å². The van der Waals surface area contributed by atoms with E-state index in [4.69, 9.17) is 10.6 Å². The van der Waals surface area contributed by atoms with Crippen LogP contribution in [-0.4, -0.2) is 28.1 Å². The molecule has 4 N–H and O–H groups in total. The Balaban J connectivity index is 2.82. The first-order chi connectivity index (χ1) is 8.64. The summed E-state index contributed by atoms with van der Waals surface area (Å²) in [5.74, 6) is 6.62. The van der Waals surface area contributed by atoms with E-state index in [1.807, 2.05) is 0 Å². The van der Waals surface area contributed by atoms with Gasteiger partial charge in [0, 0.05) is 6.04 Å². The first kappa shape index (κ1) is 14.4. The first-order valence-electron chi connectivity index (χ1n) is 6.17. The van der Waals surface area contributed by atoms with Crippen LogP contribution in [-0.2, 0) is 0 Å². The van der Waals surface area contributed by atoms with Gasteiger partial charge in [-0.05, 0) is 12.8 Å². The van der Waals surface area contributed by atoms with E-state index in [-0.39, 0.29) is 18.0 Å². The third-order valence-corrected chi connectivity index (χ3v) is 3.04. The normalized spacial score (nSPS) is 12.3. The Labute approximate surface area is 108 Å². The van der Waals surface area contributed by atoms with E-state index in [1.165, 1.54) is 7.11 Å². The lowest BCUT2D eigenvalue weighted by Gasteiger charge is -2.22. The SMILES string of the molecule is CCC(CC)C(C)Nc1nc(NN)nc(OC)n1. The molecule has 7 heteroatoms. The number of hydrogen-bond acceptors (Lipinski definition) is 7. The van der Waals surface area contributed by atoms with Gasteiger partial charge in [-0.15, -0.1) is 0 Å². The number of nitrogen functional groups attached to an aromatic ring is 1. The summed E-state index contributed by atoms with van der Waals surface area (Å²) in [6.45, 7) is 6.46. The highest BCUT2D eigenvalue weighted by Crippen LogP contribution is 2.17. The van der Waals surface area contributed by atoms with Crippen LogP contribution in [0.15, 0.2) is 0 Å². The molecule has 1 aromatic rings. The topological polar surface area (TPSA) is 98.0 Å². The van der Waals surface area contributed by atoms with E-state index in [2.05, 4.69) is 46.5 Å². The molecule has 0 radical (unpaired) electrons. The maximum absolute atomic E-state index is 5.30. The summed E-state index contributed by atoms with van der Waals surface area (Å²) >= 11 is 0. The molecule has 0 saturated heterocycles. The fourth-order valence-electron chi connectivity index (χ4n) is 1.89. The van der Waals surface area contributed by atoms with Crippen LogP contribution in [0.2, 0.25) is 0 Å². The second-order valence-electron chi connectivity index (χ2n) is 4.12. The predicted octanol–water partition coefficient (Wildman–Crippen LogP) is 1.40. The summed E-state index contributed by atoms with van der Waals surface area (Å²) in [5, 5.41) is 3.26. The molecule has 0 aromatic carbocycles. The molecule has 7 nitrogen and oxygen atoms in total. The quantitative estimate of drug-likeness (QED) is 0.499. The van der Waals surface area contributed by atoms with Crippen LogP contribution in [0.25, 0.3) is 0 Å². The lowest BCUT2D eigenvalue weighted by molar-refractivity contribution is 0.378. The Morgan fingerprint density at radius 2 is 1.78 bits per heavy atom. The van der Waals surface area contributed by atoms with Gasteiger partial charge in [0.15, 0.2) is 0 Å². The van der Waals surface area contributed by atoms with Gasteiger partial charge in [0.25, 0.3) is 0 Å². The Kier molecular flexibility index (Phi) is 5.57. The highest BCUT2D eigenvalue weighted by atomic mass is 16.5. The van der Waals surface area contributed by atoms with Crippen LogP contribution in [0, 0.1) is 5.92 Å². The number of rotatable bonds is 7. The van der Waals surface area contributed by atoms with E-state index < -0.39 is 0 Å². The molecule has 0 spiro atoms. The monoisotopic (exact) mass is 254 g/mol. The molecular weight excluding hydrogens is 232 g/mol. The molecule has 1 unspecified atom stereocenters. The number of hydrogen-bond donors (Lipinski definition) is 3. The van der Waals surface area contributed by atoms with Gasteiger partial charge in [-0.1, -0.05) is 26.7 Å². The van der Waals surface area contributed by atoms with Crippen LogP contribution >= 0.6 is 0 Å². The molecule has 0 saturated carbocycles. The van der Waals surface area contributed by atoms with Gasteiger partial charge in [0.2, 0.25) is 11.9 Å². The number of methoxy groups -OCH3 is 1. The maximum Gasteiger partial charge on any atom is 0.322 e. The molecule has 0 bridgehead atoms. The average Bonchev–Trinajstić information content (AvgIpc) is 2.39. The third kappa shape index (κ3) is 3.69. The van der Waals surface area contributed by atoms with Crippen molar-refractivity contribution >= 4 is 11.9 Å². The van der Waals surface area contributed by atoms with Crippen LogP contribution in [0.3, 0.4) is 0 Å². The van der Waals surface area contributed by atoms with E-state index in [0.717, 1.165) is 12.8 Å². The van der Waals surface area contributed by atoms with Gasteiger partial charge in [-0.3, -0.25) is 5.43 Å². The van der Waals surface area contributed by atoms with Crippen molar-refractivity contribution in [3.05, 3.63) is 0 Å². The number of hydrazine groups is 1. The largest absolute Gasteiger partial charge is 0.467 e. The van der Waals surface area contributed by atoms with Crippen molar-refractivity contribution in [2.45, 2.75) is 39.7 Å². The molecule has 0 aliphatic carbocycles. The highest BCUT2D eigenvalue weighted by molar-refractivity contribution is 5.35. The highest BCUT2D eigenvalue weighted by Gasteiger charge is 2.15. The molecule has 0 amide bonds. The summed E-state index contributed by atoms with van der Waals surface area (Å²) in [6.07, 6.45) is 2.21. The molecule has 1 rings (SSSR count). The van der Waals surface area contributed by atoms with Gasteiger partial charge in [0.1, 0.15) is 0 Å². The predicted molar refractivity (Wildman–Crippen MR) is 71.3 cm³/mol. The van der Waals surface area contributed by atoms with E-state index in [9.17, 15) is 0 Å². The molecule has 102 valence electrons. The molecule has 1 aromatic heterocycles. The second kappa shape index (κ2) is 6.95. The minimum absolute atomic E-state index is 0.234. The zero-order valence-corrected chi connectivity index (χ0v) is 11.4. The number of aromatic nitrogens is 3. The zero-order valence-electron chi connectivity index (χ0n) is 11.4. The van der Waals surface area contributed by atoms with E-state index in [1.54, 1.807) is 0 Å². The van der Waals surface area contributed by atoms with Crippen molar-refractivity contribution in [2.75, 3.05) is 17.9 Å². The summed E-state index contributed by atoms with van der Waals surface area (Å²) in [5.41, 5.74) is 2.39. The van der Waals surface area contributed by atoms with Gasteiger partial charge in [-0.25, -0.2) is 5.84 Å². The van der Waals surface area contributed by atoms with Crippen molar-refractivity contribution in [3.63, 3.8) is 0 Å². The number of nitrogens with zero attached hydrogens (tertiary/aromatic N) is 3. The van der Waals surface area contributed by atoms with Crippen LogP contribution in [0.4, 0.5) is 11.9 Å². The molecule has 1 heterocycles. The fourth-order valence-corrected chi connectivity index (χ4v) is 1.89. The van der Waals surface area contributed by atoms with Gasteiger partial charge < -0.3 is 10.1 Å². The molecule has 18 heavy (non-hydrogen) atoms. The Hall–Kier alpha value is -1.63. The fraction of sp³-hybridized carbons (Fsp3) is 0.727. The molecule has 0 aliphatic heterocycles. The molecule has 1 atom stereocenters. The lowest BCUT2D eigenvalue weighted by Crippen LogP contribution is -2.26. The Bertz CT molecular complexity index is 346. The summed E-state index contributed by atoms with van der Waals surface area (Å²) < 4.78 is 4.99. The Morgan fingerprint density at radius 1 is 1.17 bits per heavy atom. The third-order valence-electron chi connectivity index (χ3n) is 3.04. The van der Waals surface area contributed by atoms with Crippen molar-refractivity contribution in [1.29, 1.82) is 0 Å². The Morgan fingerprint density at radius 3 is 2.28 bits per heavy atom. The number of nitrogens with one attached hydrogen (secondary N) is 2.